The van der Waals surface area contributed by atoms with Crippen LogP contribution in [-0.4, -0.2) is 60.4 Å². The van der Waals surface area contributed by atoms with Crippen molar-refractivity contribution in [1.29, 1.82) is 0 Å². The van der Waals surface area contributed by atoms with Crippen molar-refractivity contribution >= 4 is 23.7 Å². The molecule has 0 saturated carbocycles. The zero-order chi connectivity index (χ0) is 28.0. The van der Waals surface area contributed by atoms with Crippen molar-refractivity contribution in [3.8, 4) is 0 Å². The Labute approximate surface area is 232 Å². The van der Waals surface area contributed by atoms with E-state index in [4.69, 9.17) is 4.74 Å². The zero-order valence-corrected chi connectivity index (χ0v) is 23.3. The third-order valence-corrected chi connectivity index (χ3v) is 7.17. The highest BCUT2D eigenvalue weighted by atomic mass is 16.5. The summed E-state index contributed by atoms with van der Waals surface area (Å²) in [6.07, 6.45) is 13.0. The molecule has 2 bridgehead atoms. The molecule has 8 nitrogen and oxygen atoms in total. The number of fused-ring (bicyclic) bond motifs is 2. The Balaban J connectivity index is 1.81. The minimum atomic E-state index is -0.817. The second kappa shape index (κ2) is 15.9. The summed E-state index contributed by atoms with van der Waals surface area (Å²) in [6, 6.07) is 7.96. The Morgan fingerprint density at radius 2 is 1.69 bits per heavy atom. The number of esters is 1. The lowest BCUT2D eigenvalue weighted by atomic mass is 9.96. The fourth-order valence-corrected chi connectivity index (χ4v) is 4.92. The summed E-state index contributed by atoms with van der Waals surface area (Å²) >= 11 is 0. The van der Waals surface area contributed by atoms with E-state index in [0.717, 1.165) is 18.4 Å². The van der Waals surface area contributed by atoms with E-state index in [-0.39, 0.29) is 42.1 Å². The number of benzene rings is 1. The second-order valence-corrected chi connectivity index (χ2v) is 10.7. The molecule has 8 heteroatoms. The van der Waals surface area contributed by atoms with Crippen molar-refractivity contribution in [1.82, 2.24) is 15.5 Å². The van der Waals surface area contributed by atoms with E-state index in [9.17, 15) is 19.2 Å². The summed E-state index contributed by atoms with van der Waals surface area (Å²) in [5, 5.41) is 5.83. The molecule has 0 aliphatic carbocycles. The smallest absolute Gasteiger partial charge is 0.310 e. The summed E-state index contributed by atoms with van der Waals surface area (Å²) in [6.45, 7) is 4.83. The van der Waals surface area contributed by atoms with Gasteiger partial charge in [0.15, 0.2) is 0 Å². The van der Waals surface area contributed by atoms with E-state index < -0.39 is 12.1 Å². The first kappa shape index (κ1) is 30.1. The van der Waals surface area contributed by atoms with Gasteiger partial charge in [0.1, 0.15) is 12.1 Å². The van der Waals surface area contributed by atoms with Crippen LogP contribution in [0.1, 0.15) is 64.4 Å². The van der Waals surface area contributed by atoms with Crippen LogP contribution in [0.4, 0.5) is 0 Å². The molecule has 1 fully saturated rings. The Hall–Kier alpha value is -3.42. The second-order valence-electron chi connectivity index (χ2n) is 10.7. The monoisotopic (exact) mass is 537 g/mol. The zero-order valence-electron chi connectivity index (χ0n) is 23.3. The van der Waals surface area contributed by atoms with Gasteiger partial charge in [0.2, 0.25) is 17.7 Å². The summed E-state index contributed by atoms with van der Waals surface area (Å²) in [4.78, 5) is 54.3. The van der Waals surface area contributed by atoms with Gasteiger partial charge in [-0.1, -0.05) is 68.5 Å². The first-order chi connectivity index (χ1) is 18.8. The molecule has 3 rings (SSSR count). The topological polar surface area (TPSA) is 105 Å². The predicted molar refractivity (Wildman–Crippen MR) is 150 cm³/mol. The van der Waals surface area contributed by atoms with Crippen LogP contribution in [0.25, 0.3) is 0 Å². The number of amides is 3. The average molecular weight is 538 g/mol. The number of nitrogens with one attached hydrogen (secondary N) is 2. The van der Waals surface area contributed by atoms with E-state index in [1.807, 2.05) is 62.4 Å². The summed E-state index contributed by atoms with van der Waals surface area (Å²) in [5.41, 5.74) is 0.915. The van der Waals surface area contributed by atoms with Crippen LogP contribution >= 0.6 is 0 Å². The largest absolute Gasteiger partial charge is 0.465 e. The quantitative estimate of drug-likeness (QED) is 0.572. The van der Waals surface area contributed by atoms with Crippen LogP contribution in [0.3, 0.4) is 0 Å². The predicted octanol–water partition coefficient (Wildman–Crippen LogP) is 3.71. The number of hydrogen-bond acceptors (Lipinski definition) is 5. The molecule has 2 aliphatic heterocycles. The van der Waals surface area contributed by atoms with Crippen molar-refractivity contribution in [3.05, 3.63) is 60.2 Å². The van der Waals surface area contributed by atoms with Crippen molar-refractivity contribution in [2.45, 2.75) is 77.3 Å². The van der Waals surface area contributed by atoms with Gasteiger partial charge >= 0.3 is 5.97 Å². The van der Waals surface area contributed by atoms with Gasteiger partial charge in [-0.2, -0.15) is 0 Å². The van der Waals surface area contributed by atoms with Crippen molar-refractivity contribution in [2.24, 2.45) is 11.8 Å². The summed E-state index contributed by atoms with van der Waals surface area (Å²) < 4.78 is 5.50. The number of allylic oxidation sites excluding steroid dienone is 3. The third kappa shape index (κ3) is 10.0. The summed E-state index contributed by atoms with van der Waals surface area (Å²) in [5.74, 6) is -1.60. The fraction of sp³-hybridized carbons (Fsp3) is 0.548. The van der Waals surface area contributed by atoms with E-state index in [2.05, 4.69) is 16.7 Å². The molecule has 3 amide bonds. The Morgan fingerprint density at radius 3 is 2.44 bits per heavy atom. The van der Waals surface area contributed by atoms with Gasteiger partial charge in [-0.25, -0.2) is 0 Å². The number of ether oxygens (including phenoxy) is 1. The van der Waals surface area contributed by atoms with Crippen molar-refractivity contribution in [2.75, 3.05) is 19.7 Å². The minimum Gasteiger partial charge on any atom is -0.465 e. The molecule has 2 aliphatic rings. The van der Waals surface area contributed by atoms with Crippen LogP contribution in [0.5, 0.6) is 0 Å². The van der Waals surface area contributed by atoms with Crippen molar-refractivity contribution < 1.29 is 23.9 Å². The van der Waals surface area contributed by atoms with E-state index in [0.29, 0.717) is 51.7 Å². The number of carbonyl (C=O) groups excluding carboxylic acids is 4. The van der Waals surface area contributed by atoms with E-state index in [1.165, 1.54) is 0 Å². The Kier molecular flexibility index (Phi) is 12.3. The molecule has 1 aromatic rings. The standard InChI is InChI=1S/C31H43N3O5/c1-23(2)28-29(36)32-26(21-24-15-10-9-11-16-24)30(37)34-19-14-17-25(22-34)31(38)39-20-13-8-6-4-3-5-7-12-18-27(35)33-28/h3-4,6,8-11,15-16,23,25-26,28H,5,7,12-14,17-22H2,1-2H3,(H,32,36)(H,33,35)/b4-3+,8-6+/t25-,26+,28+/m1/s1. The van der Waals surface area contributed by atoms with Gasteiger partial charge in [0.05, 0.1) is 12.5 Å². The normalized spacial score (nSPS) is 26.4. The highest BCUT2D eigenvalue weighted by Gasteiger charge is 2.35. The minimum absolute atomic E-state index is 0.157. The van der Waals surface area contributed by atoms with E-state index >= 15 is 0 Å². The molecular formula is C31H43N3O5. The van der Waals surface area contributed by atoms with Gasteiger partial charge in [0.25, 0.3) is 0 Å². The van der Waals surface area contributed by atoms with Gasteiger partial charge in [-0.05, 0) is 50.0 Å². The molecule has 39 heavy (non-hydrogen) atoms. The number of piperidine rings is 1. The molecule has 2 N–H and O–H groups in total. The SMILES string of the molecule is CC(C)[C@@H]1NC(=O)CCCC/C=C/C=C/CCOC(=O)[C@@H]2CCCN(C2)C(=O)[C@H](Cc2ccccc2)NC1=O. The molecule has 0 spiro atoms. The van der Waals surface area contributed by atoms with Gasteiger partial charge in [-0.15, -0.1) is 0 Å². The Morgan fingerprint density at radius 1 is 0.949 bits per heavy atom. The van der Waals surface area contributed by atoms with Crippen molar-refractivity contribution in [3.63, 3.8) is 0 Å². The number of rotatable bonds is 3. The number of carbonyl (C=O) groups is 4. The molecule has 1 saturated heterocycles. The molecule has 0 radical (unpaired) electrons. The number of nitrogens with zero attached hydrogens (tertiary/aromatic N) is 1. The first-order valence-corrected chi connectivity index (χ1v) is 14.3. The number of hydrogen-bond donors (Lipinski definition) is 2. The number of cyclic esters (lactones) is 1. The molecule has 3 atom stereocenters. The van der Waals surface area contributed by atoms with Crippen LogP contribution in [0, 0.1) is 11.8 Å². The molecule has 212 valence electrons. The molecule has 1 aromatic carbocycles. The lowest BCUT2D eigenvalue weighted by molar-refractivity contribution is -0.152. The lowest BCUT2D eigenvalue weighted by Gasteiger charge is -2.35. The Bertz CT molecular complexity index is 1020. The lowest BCUT2D eigenvalue weighted by Crippen LogP contribution is -2.57. The maximum atomic E-state index is 13.8. The maximum Gasteiger partial charge on any atom is 0.310 e. The van der Waals surface area contributed by atoms with Gasteiger partial charge < -0.3 is 20.3 Å². The highest BCUT2D eigenvalue weighted by Crippen LogP contribution is 2.20. The van der Waals surface area contributed by atoms with Crippen LogP contribution in [-0.2, 0) is 30.3 Å². The molecule has 2 heterocycles. The first-order valence-electron chi connectivity index (χ1n) is 14.3. The maximum absolute atomic E-state index is 13.8. The third-order valence-electron chi connectivity index (χ3n) is 7.17. The van der Waals surface area contributed by atoms with Gasteiger partial charge in [0, 0.05) is 25.9 Å². The van der Waals surface area contributed by atoms with Gasteiger partial charge in [-0.3, -0.25) is 19.2 Å². The van der Waals surface area contributed by atoms with Crippen LogP contribution in [0.15, 0.2) is 54.6 Å². The average Bonchev–Trinajstić information content (AvgIpc) is 2.93. The molecule has 0 unspecified atom stereocenters. The molecular weight excluding hydrogens is 494 g/mol. The van der Waals surface area contributed by atoms with Crippen LogP contribution < -0.4 is 10.6 Å². The van der Waals surface area contributed by atoms with Crippen LogP contribution in [0.2, 0.25) is 0 Å². The summed E-state index contributed by atoms with van der Waals surface area (Å²) in [7, 11) is 0. The fourth-order valence-electron chi connectivity index (χ4n) is 4.92. The molecule has 0 aromatic heterocycles. The van der Waals surface area contributed by atoms with E-state index in [1.54, 1.807) is 4.90 Å². The highest BCUT2D eigenvalue weighted by molar-refractivity contribution is 5.92.